The zero-order valence-corrected chi connectivity index (χ0v) is 10.8. The van der Waals surface area contributed by atoms with Gasteiger partial charge in [-0.2, -0.15) is 5.10 Å². The fraction of sp³-hybridized carbons (Fsp3) is 0.692. The van der Waals surface area contributed by atoms with Crippen LogP contribution in [0.4, 0.5) is 5.82 Å². The summed E-state index contributed by atoms with van der Waals surface area (Å²) in [5, 5.41) is 11.6. The Morgan fingerprint density at radius 2 is 2.24 bits per heavy atom. The van der Waals surface area contributed by atoms with E-state index in [0.717, 1.165) is 31.4 Å². The highest BCUT2D eigenvalue weighted by Gasteiger charge is 2.23. The van der Waals surface area contributed by atoms with Crippen molar-refractivity contribution in [2.75, 3.05) is 24.5 Å². The first-order chi connectivity index (χ1) is 8.31. The Bertz CT molecular complexity index is 319. The molecule has 1 N–H and O–H groups in total. The van der Waals surface area contributed by atoms with Gasteiger partial charge in [-0.3, -0.25) is 0 Å². The van der Waals surface area contributed by atoms with Gasteiger partial charge in [-0.15, -0.1) is 5.10 Å². The summed E-state index contributed by atoms with van der Waals surface area (Å²) in [6.07, 6.45) is 4.21. The Balaban J connectivity index is 1.86. The Kier molecular flexibility index (Phi) is 4.31. The number of anilines is 1. The molecule has 0 amide bonds. The van der Waals surface area contributed by atoms with Gasteiger partial charge in [-0.25, -0.2) is 0 Å². The summed E-state index contributed by atoms with van der Waals surface area (Å²) in [7, 11) is 0. The first-order valence-electron chi connectivity index (χ1n) is 6.57. The van der Waals surface area contributed by atoms with Crippen LogP contribution in [0.5, 0.6) is 0 Å². The van der Waals surface area contributed by atoms with Crippen molar-refractivity contribution >= 4 is 5.82 Å². The first-order valence-corrected chi connectivity index (χ1v) is 6.57. The lowest BCUT2D eigenvalue weighted by atomic mass is 9.90. The summed E-state index contributed by atoms with van der Waals surface area (Å²) in [6, 6.07) is 4.63. The zero-order valence-electron chi connectivity index (χ0n) is 10.8. The molecule has 1 fully saturated rings. The van der Waals surface area contributed by atoms with Crippen molar-refractivity contribution in [1.82, 2.24) is 15.5 Å². The predicted octanol–water partition coefficient (Wildman–Crippen LogP) is 1.69. The molecule has 1 aliphatic heterocycles. The van der Waals surface area contributed by atoms with Crippen molar-refractivity contribution in [3.05, 3.63) is 18.3 Å². The maximum absolute atomic E-state index is 4.17. The molecule has 1 aliphatic rings. The lowest BCUT2D eigenvalue weighted by molar-refractivity contribution is 0.314. The largest absolute Gasteiger partial charge is 0.355 e. The molecular weight excluding hydrogens is 212 g/mol. The smallest absolute Gasteiger partial charge is 0.151 e. The molecule has 0 aliphatic carbocycles. The van der Waals surface area contributed by atoms with E-state index in [1.54, 1.807) is 6.20 Å². The predicted molar refractivity (Wildman–Crippen MR) is 70.1 cm³/mol. The van der Waals surface area contributed by atoms with E-state index in [2.05, 4.69) is 34.3 Å². The van der Waals surface area contributed by atoms with Gasteiger partial charge in [0.15, 0.2) is 5.82 Å². The molecule has 2 rings (SSSR count). The molecule has 17 heavy (non-hydrogen) atoms. The highest BCUT2D eigenvalue weighted by atomic mass is 15.3. The van der Waals surface area contributed by atoms with Crippen LogP contribution in [0.2, 0.25) is 0 Å². The summed E-state index contributed by atoms with van der Waals surface area (Å²) in [5.74, 6) is 1.81. The quantitative estimate of drug-likeness (QED) is 0.861. The van der Waals surface area contributed by atoms with Gasteiger partial charge in [-0.1, -0.05) is 6.92 Å². The Labute approximate surface area is 103 Å². The molecule has 1 aromatic heterocycles. The monoisotopic (exact) mass is 234 g/mol. The second-order valence-electron chi connectivity index (χ2n) is 4.75. The summed E-state index contributed by atoms with van der Waals surface area (Å²) in [6.45, 7) is 7.72. The van der Waals surface area contributed by atoms with Crippen molar-refractivity contribution in [2.45, 2.75) is 32.7 Å². The van der Waals surface area contributed by atoms with Crippen LogP contribution in [0.15, 0.2) is 18.3 Å². The standard InChI is InChI=1S/C13H22N4/c1-3-14-11(2)12-6-9-17(10-7-12)13-5-4-8-15-16-13/h4-5,8,11-12,14H,3,6-7,9-10H2,1-2H3. The molecule has 4 nitrogen and oxygen atoms in total. The Morgan fingerprint density at radius 1 is 1.47 bits per heavy atom. The fourth-order valence-corrected chi connectivity index (χ4v) is 2.58. The second-order valence-corrected chi connectivity index (χ2v) is 4.75. The summed E-state index contributed by atoms with van der Waals surface area (Å²) in [4.78, 5) is 2.34. The SMILES string of the molecule is CCNC(C)C1CCN(c2cccnn2)CC1. The number of nitrogens with zero attached hydrogens (tertiary/aromatic N) is 3. The van der Waals surface area contributed by atoms with E-state index in [1.807, 2.05) is 12.1 Å². The summed E-state index contributed by atoms with van der Waals surface area (Å²) >= 11 is 0. The van der Waals surface area contributed by atoms with Crippen molar-refractivity contribution < 1.29 is 0 Å². The molecule has 0 bridgehead atoms. The molecule has 1 saturated heterocycles. The van der Waals surface area contributed by atoms with Gasteiger partial charge in [-0.05, 0) is 44.4 Å². The van der Waals surface area contributed by atoms with Gasteiger partial charge >= 0.3 is 0 Å². The lowest BCUT2D eigenvalue weighted by Crippen LogP contribution is -2.42. The lowest BCUT2D eigenvalue weighted by Gasteiger charge is -2.35. The van der Waals surface area contributed by atoms with Crippen LogP contribution >= 0.6 is 0 Å². The molecule has 94 valence electrons. The third kappa shape index (κ3) is 3.16. The van der Waals surface area contributed by atoms with Gasteiger partial charge in [0, 0.05) is 25.3 Å². The first kappa shape index (κ1) is 12.3. The minimum atomic E-state index is 0.629. The maximum Gasteiger partial charge on any atom is 0.151 e. The van der Waals surface area contributed by atoms with Gasteiger partial charge < -0.3 is 10.2 Å². The van der Waals surface area contributed by atoms with Crippen molar-refractivity contribution in [3.63, 3.8) is 0 Å². The third-order valence-corrected chi connectivity index (χ3v) is 3.66. The average molecular weight is 234 g/mol. The van der Waals surface area contributed by atoms with Gasteiger partial charge in [0.25, 0.3) is 0 Å². The van der Waals surface area contributed by atoms with E-state index in [-0.39, 0.29) is 0 Å². The molecule has 0 aromatic carbocycles. The Morgan fingerprint density at radius 3 is 2.82 bits per heavy atom. The minimum absolute atomic E-state index is 0.629. The van der Waals surface area contributed by atoms with Crippen LogP contribution < -0.4 is 10.2 Å². The van der Waals surface area contributed by atoms with E-state index in [4.69, 9.17) is 0 Å². The van der Waals surface area contributed by atoms with Crippen LogP contribution in [0.3, 0.4) is 0 Å². The van der Waals surface area contributed by atoms with Gasteiger partial charge in [0.2, 0.25) is 0 Å². The van der Waals surface area contributed by atoms with Gasteiger partial charge in [0.05, 0.1) is 0 Å². The topological polar surface area (TPSA) is 41.0 Å². The minimum Gasteiger partial charge on any atom is -0.355 e. The van der Waals surface area contributed by atoms with E-state index < -0.39 is 0 Å². The van der Waals surface area contributed by atoms with Crippen LogP contribution in [-0.2, 0) is 0 Å². The molecule has 1 atom stereocenters. The normalized spacial score (nSPS) is 19.3. The number of nitrogens with one attached hydrogen (secondary N) is 1. The molecule has 1 unspecified atom stereocenters. The number of piperidine rings is 1. The van der Waals surface area contributed by atoms with E-state index in [9.17, 15) is 0 Å². The molecule has 2 heterocycles. The molecule has 4 heteroatoms. The highest BCUT2D eigenvalue weighted by Crippen LogP contribution is 2.23. The number of hydrogen-bond acceptors (Lipinski definition) is 4. The highest BCUT2D eigenvalue weighted by molar-refractivity contribution is 5.36. The average Bonchev–Trinajstić information content (AvgIpc) is 2.40. The van der Waals surface area contributed by atoms with Crippen LogP contribution in [0.25, 0.3) is 0 Å². The Hall–Kier alpha value is -1.16. The summed E-state index contributed by atoms with van der Waals surface area (Å²) in [5.41, 5.74) is 0. The molecule has 0 radical (unpaired) electrons. The van der Waals surface area contributed by atoms with Crippen LogP contribution in [-0.4, -0.2) is 35.9 Å². The maximum atomic E-state index is 4.17. The van der Waals surface area contributed by atoms with E-state index >= 15 is 0 Å². The van der Waals surface area contributed by atoms with Crippen molar-refractivity contribution in [1.29, 1.82) is 0 Å². The van der Waals surface area contributed by atoms with Crippen LogP contribution in [0, 0.1) is 5.92 Å². The molecular formula is C13H22N4. The number of aromatic nitrogens is 2. The van der Waals surface area contributed by atoms with E-state index in [0.29, 0.717) is 6.04 Å². The van der Waals surface area contributed by atoms with Gasteiger partial charge in [0.1, 0.15) is 0 Å². The molecule has 0 spiro atoms. The summed E-state index contributed by atoms with van der Waals surface area (Å²) < 4.78 is 0. The molecule has 0 saturated carbocycles. The number of rotatable bonds is 4. The van der Waals surface area contributed by atoms with Crippen molar-refractivity contribution in [2.24, 2.45) is 5.92 Å². The van der Waals surface area contributed by atoms with Crippen molar-refractivity contribution in [3.8, 4) is 0 Å². The van der Waals surface area contributed by atoms with E-state index in [1.165, 1.54) is 12.8 Å². The number of hydrogen-bond donors (Lipinski definition) is 1. The fourth-order valence-electron chi connectivity index (χ4n) is 2.58. The zero-order chi connectivity index (χ0) is 12.1. The third-order valence-electron chi connectivity index (χ3n) is 3.66. The van der Waals surface area contributed by atoms with Crippen LogP contribution in [0.1, 0.15) is 26.7 Å². The second kappa shape index (κ2) is 5.96. The molecule has 1 aromatic rings.